The predicted octanol–water partition coefficient (Wildman–Crippen LogP) is 3.70. The number of carbonyl (C=O) groups excluding carboxylic acids is 3. The fraction of sp³-hybridized carbons (Fsp3) is 0.448. The molecule has 7 heteroatoms. The number of benzodiazepines with no additional fused rings is 1. The number of rotatable bonds is 8. The minimum atomic E-state index is -1.14. The molecule has 4 rings (SSSR count). The van der Waals surface area contributed by atoms with Crippen molar-refractivity contribution < 1.29 is 14.4 Å². The van der Waals surface area contributed by atoms with Crippen molar-refractivity contribution in [3.63, 3.8) is 0 Å². The normalized spacial score (nSPS) is 19.2. The molecule has 1 saturated carbocycles. The largest absolute Gasteiger partial charge is 0.325 e. The summed E-state index contributed by atoms with van der Waals surface area (Å²) in [7, 11) is 0. The van der Waals surface area contributed by atoms with Gasteiger partial charge in [-0.3, -0.25) is 19.4 Å². The van der Waals surface area contributed by atoms with Gasteiger partial charge in [-0.1, -0.05) is 74.7 Å². The second kappa shape index (κ2) is 11.6. The van der Waals surface area contributed by atoms with Crippen LogP contribution in [0.5, 0.6) is 0 Å². The number of carbonyl (C=O) groups is 3. The van der Waals surface area contributed by atoms with Crippen LogP contribution in [0.25, 0.3) is 0 Å². The lowest BCUT2D eigenvalue weighted by atomic mass is 9.86. The highest BCUT2D eigenvalue weighted by Gasteiger charge is 2.36. The van der Waals surface area contributed by atoms with Crippen molar-refractivity contribution in [2.45, 2.75) is 71.0 Å². The van der Waals surface area contributed by atoms with Crippen LogP contribution in [0.1, 0.15) is 62.1 Å². The van der Waals surface area contributed by atoms with Crippen molar-refractivity contribution in [3.8, 4) is 0 Å². The van der Waals surface area contributed by atoms with Gasteiger partial charge in [0.25, 0.3) is 5.91 Å². The standard InChI is InChI=1S/C29H36N4O3/c1-3-24-22-16-10-11-19(2)26(22)33(18-25(34)21-14-8-5-9-15-21)29(36)27(31-24)32-28(35)23(30)17-20-12-6-4-7-13-20/h4,6-7,10-13,16,21,23,27H,3,5,8-9,14-15,17-18,30H2,1-2H3,(H,32,35)/t23-,27+/m0/s1. The van der Waals surface area contributed by atoms with Crippen molar-refractivity contribution in [1.82, 2.24) is 5.32 Å². The number of Topliss-reactive ketones (excluding diaryl/α,β-unsaturated/α-hetero) is 1. The zero-order valence-electron chi connectivity index (χ0n) is 21.2. The molecule has 7 nitrogen and oxygen atoms in total. The lowest BCUT2D eigenvalue weighted by molar-refractivity contribution is -0.129. The summed E-state index contributed by atoms with van der Waals surface area (Å²) in [6.07, 6.45) is 4.76. The van der Waals surface area contributed by atoms with Crippen LogP contribution in [-0.4, -0.2) is 42.1 Å². The molecule has 2 aromatic rings. The van der Waals surface area contributed by atoms with E-state index in [9.17, 15) is 14.4 Å². The summed E-state index contributed by atoms with van der Waals surface area (Å²) in [5.41, 5.74) is 10.3. The highest BCUT2D eigenvalue weighted by atomic mass is 16.2. The maximum Gasteiger partial charge on any atom is 0.272 e. The van der Waals surface area contributed by atoms with Crippen molar-refractivity contribution in [1.29, 1.82) is 0 Å². The molecule has 1 aliphatic heterocycles. The summed E-state index contributed by atoms with van der Waals surface area (Å²) in [4.78, 5) is 46.4. The van der Waals surface area contributed by atoms with Crippen LogP contribution < -0.4 is 16.0 Å². The Hall–Kier alpha value is -3.32. The molecular formula is C29H36N4O3. The zero-order valence-corrected chi connectivity index (χ0v) is 21.2. The van der Waals surface area contributed by atoms with Crippen molar-refractivity contribution in [3.05, 3.63) is 65.2 Å². The number of hydrogen-bond acceptors (Lipinski definition) is 5. The first kappa shape index (κ1) is 25.8. The number of aliphatic imine (C=N–C) groups is 1. The molecule has 2 aliphatic rings. The topological polar surface area (TPSA) is 105 Å². The first-order valence-corrected chi connectivity index (χ1v) is 13.0. The minimum absolute atomic E-state index is 0.0176. The van der Waals surface area contributed by atoms with Gasteiger partial charge >= 0.3 is 0 Å². The fourth-order valence-corrected chi connectivity index (χ4v) is 5.23. The zero-order chi connectivity index (χ0) is 25.7. The van der Waals surface area contributed by atoms with E-state index in [-0.39, 0.29) is 18.2 Å². The van der Waals surface area contributed by atoms with Gasteiger partial charge in [-0.25, -0.2) is 0 Å². The average molecular weight is 489 g/mol. The van der Waals surface area contributed by atoms with Crippen LogP contribution in [0.4, 0.5) is 5.69 Å². The summed E-state index contributed by atoms with van der Waals surface area (Å²) in [5.74, 6) is -0.805. The molecule has 0 aromatic heterocycles. The Morgan fingerprint density at radius 3 is 2.50 bits per heavy atom. The van der Waals surface area contributed by atoms with Crippen LogP contribution in [0.15, 0.2) is 53.5 Å². The second-order valence-corrected chi connectivity index (χ2v) is 9.83. The third kappa shape index (κ3) is 5.73. The fourth-order valence-electron chi connectivity index (χ4n) is 5.23. The van der Waals surface area contributed by atoms with Crippen molar-refractivity contribution in [2.75, 3.05) is 11.4 Å². The number of benzene rings is 2. The lowest BCUT2D eigenvalue weighted by Gasteiger charge is -2.29. The van der Waals surface area contributed by atoms with E-state index in [2.05, 4.69) is 10.3 Å². The molecule has 0 saturated heterocycles. The number of hydrogen-bond donors (Lipinski definition) is 2. The molecule has 0 bridgehead atoms. The van der Waals surface area contributed by atoms with Crippen LogP contribution in [0.3, 0.4) is 0 Å². The summed E-state index contributed by atoms with van der Waals surface area (Å²) >= 11 is 0. The van der Waals surface area contributed by atoms with Gasteiger partial charge in [-0.05, 0) is 43.7 Å². The minimum Gasteiger partial charge on any atom is -0.325 e. The van der Waals surface area contributed by atoms with E-state index < -0.39 is 24.0 Å². The molecule has 0 unspecified atom stereocenters. The number of ketones is 1. The number of aryl methyl sites for hydroxylation is 1. The van der Waals surface area contributed by atoms with Gasteiger partial charge in [-0.15, -0.1) is 0 Å². The summed E-state index contributed by atoms with van der Waals surface area (Å²) in [5, 5.41) is 2.78. The Morgan fingerprint density at radius 1 is 1.08 bits per heavy atom. The van der Waals surface area contributed by atoms with E-state index in [1.165, 1.54) is 0 Å². The molecule has 2 amide bonds. The lowest BCUT2D eigenvalue weighted by Crippen LogP contribution is -2.53. The Kier molecular flexibility index (Phi) is 8.31. The third-order valence-corrected chi connectivity index (χ3v) is 7.23. The molecule has 1 aliphatic carbocycles. The maximum absolute atomic E-state index is 13.9. The monoisotopic (exact) mass is 488 g/mol. The molecule has 2 aromatic carbocycles. The van der Waals surface area contributed by atoms with Crippen LogP contribution in [-0.2, 0) is 20.8 Å². The van der Waals surface area contributed by atoms with E-state index in [4.69, 9.17) is 5.73 Å². The quantitative estimate of drug-likeness (QED) is 0.591. The van der Waals surface area contributed by atoms with Crippen LogP contribution >= 0.6 is 0 Å². The second-order valence-electron chi connectivity index (χ2n) is 9.83. The van der Waals surface area contributed by atoms with Gasteiger partial charge in [0.2, 0.25) is 12.1 Å². The molecule has 0 radical (unpaired) electrons. The summed E-state index contributed by atoms with van der Waals surface area (Å²) in [6.45, 7) is 3.89. The van der Waals surface area contributed by atoms with E-state index in [0.29, 0.717) is 18.5 Å². The molecule has 1 heterocycles. The Labute approximate surface area is 213 Å². The number of nitrogens with two attached hydrogens (primary N) is 1. The van der Waals surface area contributed by atoms with Gasteiger partial charge in [-0.2, -0.15) is 0 Å². The number of amides is 2. The molecule has 0 spiro atoms. The summed E-state index contributed by atoms with van der Waals surface area (Å²) < 4.78 is 0. The summed E-state index contributed by atoms with van der Waals surface area (Å²) in [6, 6.07) is 14.5. The first-order chi connectivity index (χ1) is 17.4. The molecule has 190 valence electrons. The van der Waals surface area contributed by atoms with Gasteiger partial charge in [0.05, 0.1) is 18.3 Å². The Morgan fingerprint density at radius 2 is 1.81 bits per heavy atom. The van der Waals surface area contributed by atoms with E-state index in [1.54, 1.807) is 4.90 Å². The van der Waals surface area contributed by atoms with E-state index in [1.807, 2.05) is 62.4 Å². The maximum atomic E-state index is 13.9. The molecule has 36 heavy (non-hydrogen) atoms. The van der Waals surface area contributed by atoms with Gasteiger partial charge in [0, 0.05) is 17.2 Å². The van der Waals surface area contributed by atoms with E-state index >= 15 is 0 Å². The third-order valence-electron chi connectivity index (χ3n) is 7.23. The molecule has 3 N–H and O–H groups in total. The number of nitrogens with zero attached hydrogens (tertiary/aromatic N) is 2. The molecular weight excluding hydrogens is 452 g/mol. The van der Waals surface area contributed by atoms with E-state index in [0.717, 1.165) is 54.5 Å². The van der Waals surface area contributed by atoms with Crippen molar-refractivity contribution in [2.24, 2.45) is 16.6 Å². The Bertz CT molecular complexity index is 1140. The number of nitrogens with one attached hydrogen (secondary N) is 1. The molecule has 1 fully saturated rings. The Balaban J connectivity index is 1.61. The highest BCUT2D eigenvalue weighted by molar-refractivity contribution is 6.15. The van der Waals surface area contributed by atoms with Crippen LogP contribution in [0, 0.1) is 12.8 Å². The smallest absolute Gasteiger partial charge is 0.272 e. The highest BCUT2D eigenvalue weighted by Crippen LogP contribution is 2.32. The van der Waals surface area contributed by atoms with Gasteiger partial charge < -0.3 is 16.0 Å². The van der Waals surface area contributed by atoms with Gasteiger partial charge in [0.15, 0.2) is 5.78 Å². The number of para-hydroxylation sites is 1. The molecule has 2 atom stereocenters. The van der Waals surface area contributed by atoms with Gasteiger partial charge in [0.1, 0.15) is 0 Å². The van der Waals surface area contributed by atoms with Crippen molar-refractivity contribution >= 4 is 29.0 Å². The first-order valence-electron chi connectivity index (χ1n) is 13.0. The average Bonchev–Trinajstić information content (AvgIpc) is 3.00. The van der Waals surface area contributed by atoms with Crippen LogP contribution in [0.2, 0.25) is 0 Å². The SMILES string of the molecule is CCC1=N[C@H](NC(=O)[C@@H](N)Cc2ccccc2)C(=O)N(CC(=O)C2CCCCC2)c2c(C)cccc21. The predicted molar refractivity (Wildman–Crippen MR) is 142 cm³/mol. The number of fused-ring (bicyclic) bond motifs is 1. The number of anilines is 1.